The largest absolute Gasteiger partial charge is 0.473 e. The lowest BCUT2D eigenvalue weighted by atomic mass is 9.66. The van der Waals surface area contributed by atoms with Crippen molar-refractivity contribution in [1.82, 2.24) is 9.88 Å². The minimum Gasteiger partial charge on any atom is -0.473 e. The second kappa shape index (κ2) is 10.2. The highest BCUT2D eigenvalue weighted by Crippen LogP contribution is 2.62. The fourth-order valence-electron chi connectivity index (χ4n) is 7.47. The molecule has 3 unspecified atom stereocenters. The molecule has 6 rings (SSSR count). The van der Waals surface area contributed by atoms with Crippen LogP contribution < -0.4 is 4.74 Å². The molecule has 1 saturated carbocycles. The van der Waals surface area contributed by atoms with Crippen LogP contribution in [0.25, 0.3) is 0 Å². The Morgan fingerprint density at radius 2 is 1.84 bits per heavy atom. The van der Waals surface area contributed by atoms with Crippen LogP contribution in [0.3, 0.4) is 0 Å². The molecule has 0 amide bonds. The number of esters is 1. The van der Waals surface area contributed by atoms with E-state index in [1.807, 2.05) is 45.8 Å². The first-order chi connectivity index (χ1) is 20.1. The third-order valence-corrected chi connectivity index (χ3v) is 9.76. The molecule has 1 heterocycles. The van der Waals surface area contributed by atoms with Crippen molar-refractivity contribution >= 4 is 5.97 Å². The zero-order valence-electron chi connectivity index (χ0n) is 25.3. The summed E-state index contributed by atoms with van der Waals surface area (Å²) in [5.74, 6) is -1.39. The number of hydrogen-bond acceptors (Lipinski definition) is 5. The summed E-state index contributed by atoms with van der Waals surface area (Å²) in [7, 11) is 3.73. The van der Waals surface area contributed by atoms with Gasteiger partial charge in [0.1, 0.15) is 18.0 Å². The van der Waals surface area contributed by atoms with Crippen LogP contribution >= 0.6 is 0 Å². The Morgan fingerprint density at radius 1 is 1.09 bits per heavy atom. The molecule has 4 aliphatic rings. The zero-order valence-corrected chi connectivity index (χ0v) is 25.3. The normalized spacial score (nSPS) is 30.7. The molecule has 230 valence electrons. The molecular weight excluding hydrogens is 560 g/mol. The fourth-order valence-corrected chi connectivity index (χ4v) is 7.47. The number of benzene rings is 1. The summed E-state index contributed by atoms with van der Waals surface area (Å²) in [5, 5.41) is 0. The Morgan fingerprint density at radius 3 is 2.51 bits per heavy atom. The highest BCUT2D eigenvalue weighted by molar-refractivity contribution is 5.80. The van der Waals surface area contributed by atoms with Gasteiger partial charge in [0.15, 0.2) is 0 Å². The maximum Gasteiger partial charge on any atom is 0.398 e. The number of hydrogen-bond donors (Lipinski definition) is 0. The number of allylic oxidation sites excluding steroid dienone is 4. The van der Waals surface area contributed by atoms with Crippen LogP contribution in [0.15, 0.2) is 48.7 Å². The average molecular weight is 599 g/mol. The van der Waals surface area contributed by atoms with Crippen LogP contribution in [0, 0.1) is 29.0 Å². The molecule has 0 saturated heterocycles. The Balaban J connectivity index is 1.22. The Hall–Kier alpha value is -3.20. The molecular formula is C34H38F4N2O3. The van der Waals surface area contributed by atoms with Crippen LogP contribution in [0.2, 0.25) is 0 Å². The van der Waals surface area contributed by atoms with Crippen LogP contribution in [-0.4, -0.2) is 41.7 Å². The van der Waals surface area contributed by atoms with Gasteiger partial charge < -0.3 is 14.4 Å². The fraction of sp³-hybridized carbons (Fsp3) is 0.529. The van der Waals surface area contributed by atoms with Gasteiger partial charge in [-0.2, -0.15) is 13.2 Å². The SMILES string of the molecule is CN(C)C1C[C@@H](C2C=CC=CC2(C)C(F)(F)F)c2cc(COc3cc4c(cn3)[C@H]3[C@@H](C4)[C@@H]3C(=O)OC(C)(C)C)c(F)cc21. The van der Waals surface area contributed by atoms with Crippen molar-refractivity contribution < 1.29 is 31.8 Å². The summed E-state index contributed by atoms with van der Waals surface area (Å²) in [6.07, 6.45) is 4.50. The van der Waals surface area contributed by atoms with Crippen LogP contribution in [0.4, 0.5) is 17.6 Å². The number of carbonyl (C=O) groups is 1. The third kappa shape index (κ3) is 5.17. The Kier molecular flexibility index (Phi) is 7.07. The van der Waals surface area contributed by atoms with Gasteiger partial charge in [-0.3, -0.25) is 4.79 Å². The molecule has 1 aromatic heterocycles. The van der Waals surface area contributed by atoms with Crippen molar-refractivity contribution in [1.29, 1.82) is 0 Å². The number of nitrogens with zero attached hydrogens (tertiary/aromatic N) is 2. The van der Waals surface area contributed by atoms with E-state index in [4.69, 9.17) is 9.47 Å². The molecule has 0 bridgehead atoms. The first kappa shape index (κ1) is 29.9. The summed E-state index contributed by atoms with van der Waals surface area (Å²) in [6.45, 7) is 6.71. The monoisotopic (exact) mass is 598 g/mol. The van der Waals surface area contributed by atoms with E-state index >= 15 is 4.39 Å². The Labute approximate surface area is 250 Å². The average Bonchev–Trinajstić information content (AvgIpc) is 3.30. The van der Waals surface area contributed by atoms with Crippen molar-refractivity contribution in [2.45, 2.75) is 76.8 Å². The van der Waals surface area contributed by atoms with E-state index < -0.39 is 34.8 Å². The predicted octanol–water partition coefficient (Wildman–Crippen LogP) is 7.43. The van der Waals surface area contributed by atoms with Gasteiger partial charge in [-0.25, -0.2) is 9.37 Å². The number of halogens is 4. The number of carbonyl (C=O) groups excluding carboxylic acids is 1. The number of rotatable bonds is 6. The molecule has 1 fully saturated rings. The van der Waals surface area contributed by atoms with Gasteiger partial charge in [-0.1, -0.05) is 24.3 Å². The molecule has 4 aliphatic carbocycles. The lowest BCUT2D eigenvalue weighted by Crippen LogP contribution is -2.42. The van der Waals surface area contributed by atoms with Gasteiger partial charge in [0.25, 0.3) is 0 Å². The first-order valence-corrected chi connectivity index (χ1v) is 14.8. The quantitative estimate of drug-likeness (QED) is 0.256. The third-order valence-electron chi connectivity index (χ3n) is 9.76. The van der Waals surface area contributed by atoms with E-state index in [9.17, 15) is 18.0 Å². The van der Waals surface area contributed by atoms with Gasteiger partial charge in [-0.05, 0) is 101 Å². The maximum atomic E-state index is 15.4. The lowest BCUT2D eigenvalue weighted by molar-refractivity contribution is -0.214. The second-order valence-electron chi connectivity index (χ2n) is 13.9. The minimum absolute atomic E-state index is 0.103. The Bertz CT molecular complexity index is 1510. The maximum absolute atomic E-state index is 15.4. The summed E-state index contributed by atoms with van der Waals surface area (Å²) >= 11 is 0. The number of aromatic nitrogens is 1. The smallest absolute Gasteiger partial charge is 0.398 e. The standard InChI is InChI=1S/C34H38F4N2O3/c1-32(2,3)43-31(41)30-23-11-18-13-28(39-16-24(18)29(23)30)42-17-19-12-20-21(15-27(40(5)6)22(20)14-26(19)35)25-9-7-8-10-33(25,4)34(36,37)38/h7-10,12-14,16,21,23,25,27,29-30H,11,15,17H2,1-6H3/t21-,23-,25?,27?,29-,30+,33?/m1/s1. The van der Waals surface area contributed by atoms with Gasteiger partial charge in [0.2, 0.25) is 5.88 Å². The van der Waals surface area contributed by atoms with Crippen molar-refractivity contribution in [3.63, 3.8) is 0 Å². The molecule has 0 radical (unpaired) electrons. The summed E-state index contributed by atoms with van der Waals surface area (Å²) in [5.41, 5.74) is 1.25. The van der Waals surface area contributed by atoms with Gasteiger partial charge in [-0.15, -0.1) is 0 Å². The molecule has 0 spiro atoms. The van der Waals surface area contributed by atoms with Gasteiger partial charge >= 0.3 is 12.1 Å². The van der Waals surface area contributed by atoms with Crippen LogP contribution in [0.5, 0.6) is 5.88 Å². The second-order valence-corrected chi connectivity index (χ2v) is 13.9. The number of ether oxygens (including phenoxy) is 2. The predicted molar refractivity (Wildman–Crippen MR) is 154 cm³/mol. The highest BCUT2D eigenvalue weighted by atomic mass is 19.4. The molecule has 7 atom stereocenters. The number of pyridine rings is 1. The number of alkyl halides is 3. The highest BCUT2D eigenvalue weighted by Gasteiger charge is 2.61. The lowest BCUT2D eigenvalue weighted by Gasteiger charge is -2.40. The molecule has 1 aromatic carbocycles. The van der Waals surface area contributed by atoms with E-state index in [1.165, 1.54) is 25.1 Å². The molecule has 0 N–H and O–H groups in total. The topological polar surface area (TPSA) is 51.7 Å². The summed E-state index contributed by atoms with van der Waals surface area (Å²) in [6, 6.07) is 4.80. The van der Waals surface area contributed by atoms with Crippen molar-refractivity contribution in [3.05, 3.63) is 82.3 Å². The van der Waals surface area contributed by atoms with Gasteiger partial charge in [0.05, 0.1) is 11.3 Å². The number of fused-ring (bicyclic) bond motifs is 4. The van der Waals surface area contributed by atoms with Crippen molar-refractivity contribution in [3.8, 4) is 5.88 Å². The first-order valence-electron chi connectivity index (χ1n) is 14.8. The molecule has 5 nitrogen and oxygen atoms in total. The van der Waals surface area contributed by atoms with Crippen molar-refractivity contribution in [2.24, 2.45) is 23.2 Å². The van der Waals surface area contributed by atoms with Crippen LogP contribution in [-0.2, 0) is 22.6 Å². The zero-order chi connectivity index (χ0) is 31.1. The molecule has 2 aromatic rings. The molecule has 43 heavy (non-hydrogen) atoms. The van der Waals surface area contributed by atoms with Crippen LogP contribution in [0.1, 0.15) is 79.8 Å². The molecule has 9 heteroatoms. The summed E-state index contributed by atoms with van der Waals surface area (Å²) < 4.78 is 70.0. The molecule has 0 aliphatic heterocycles. The van der Waals surface area contributed by atoms with E-state index in [-0.39, 0.29) is 41.9 Å². The van der Waals surface area contributed by atoms with E-state index in [1.54, 1.807) is 24.4 Å². The van der Waals surface area contributed by atoms with Crippen molar-refractivity contribution in [2.75, 3.05) is 14.1 Å². The van der Waals surface area contributed by atoms with Gasteiger partial charge in [0, 0.05) is 35.7 Å². The minimum atomic E-state index is -4.44. The van der Waals surface area contributed by atoms with E-state index in [0.717, 1.165) is 28.7 Å². The van der Waals surface area contributed by atoms with E-state index in [2.05, 4.69) is 4.98 Å². The van der Waals surface area contributed by atoms with E-state index in [0.29, 0.717) is 12.3 Å². The summed E-state index contributed by atoms with van der Waals surface area (Å²) in [4.78, 5) is 19.0.